The second-order valence-corrected chi connectivity index (χ2v) is 6.06. The molecule has 1 aliphatic heterocycles. The molecule has 3 rings (SSSR count). The summed E-state index contributed by atoms with van der Waals surface area (Å²) in [6, 6.07) is 5.97. The summed E-state index contributed by atoms with van der Waals surface area (Å²) in [5, 5.41) is 11.4. The molecule has 1 aromatic carbocycles. The van der Waals surface area contributed by atoms with E-state index in [1.807, 2.05) is 18.2 Å². The molecule has 1 aliphatic rings. The van der Waals surface area contributed by atoms with E-state index >= 15 is 0 Å². The first-order valence-electron chi connectivity index (χ1n) is 6.34. The highest BCUT2D eigenvalue weighted by molar-refractivity contribution is 9.10. The number of H-pyrrole nitrogens is 1. The third-order valence-electron chi connectivity index (χ3n) is 3.26. The Labute approximate surface area is 125 Å². The van der Waals surface area contributed by atoms with E-state index in [9.17, 15) is 0 Å². The minimum atomic E-state index is 0.289. The predicted octanol–water partition coefficient (Wildman–Crippen LogP) is 3.70. The van der Waals surface area contributed by atoms with E-state index in [-0.39, 0.29) is 6.04 Å². The molecule has 0 aliphatic carbocycles. The molecule has 4 nitrogen and oxygen atoms in total. The van der Waals surface area contributed by atoms with Crippen LogP contribution in [-0.4, -0.2) is 21.7 Å². The molecule has 2 heterocycles. The predicted molar refractivity (Wildman–Crippen MR) is 79.1 cm³/mol. The minimum absolute atomic E-state index is 0.289. The van der Waals surface area contributed by atoms with Gasteiger partial charge in [-0.3, -0.25) is 5.10 Å². The van der Waals surface area contributed by atoms with Crippen LogP contribution in [0.15, 0.2) is 22.7 Å². The zero-order chi connectivity index (χ0) is 13.2. The summed E-state index contributed by atoms with van der Waals surface area (Å²) in [6.07, 6.45) is 3.57. The average molecular weight is 342 g/mol. The molecule has 2 N–H and O–H groups in total. The lowest BCUT2D eigenvalue weighted by Crippen LogP contribution is -2.27. The van der Waals surface area contributed by atoms with E-state index in [1.165, 1.54) is 12.8 Å². The van der Waals surface area contributed by atoms with Crippen LogP contribution < -0.4 is 5.32 Å². The standard InChI is InChI=1S/C13H14BrClN4/c14-9-5-8(6-10(15)7-9)12-17-13(19-18-12)11-3-1-2-4-16-11/h5-7,11,16H,1-4H2,(H,17,18,19). The molecule has 1 unspecified atom stereocenters. The number of benzene rings is 1. The van der Waals surface area contributed by atoms with Crippen LogP contribution in [0.3, 0.4) is 0 Å². The number of nitrogens with one attached hydrogen (secondary N) is 2. The van der Waals surface area contributed by atoms with Crippen LogP contribution in [0, 0.1) is 0 Å². The molecule has 2 aromatic rings. The number of nitrogens with zero attached hydrogens (tertiary/aromatic N) is 2. The van der Waals surface area contributed by atoms with Gasteiger partial charge in [-0.1, -0.05) is 34.0 Å². The number of hydrogen-bond donors (Lipinski definition) is 2. The van der Waals surface area contributed by atoms with Crippen molar-refractivity contribution in [3.8, 4) is 11.4 Å². The van der Waals surface area contributed by atoms with E-state index < -0.39 is 0 Å². The lowest BCUT2D eigenvalue weighted by molar-refractivity contribution is 0.398. The lowest BCUT2D eigenvalue weighted by atomic mass is 10.0. The Morgan fingerprint density at radius 3 is 2.89 bits per heavy atom. The van der Waals surface area contributed by atoms with Crippen LogP contribution in [0.1, 0.15) is 31.1 Å². The van der Waals surface area contributed by atoms with Crippen LogP contribution in [0.25, 0.3) is 11.4 Å². The highest BCUT2D eigenvalue weighted by atomic mass is 79.9. The number of aromatic amines is 1. The summed E-state index contributed by atoms with van der Waals surface area (Å²) >= 11 is 9.48. The Kier molecular flexibility index (Phi) is 3.86. The number of piperidine rings is 1. The van der Waals surface area contributed by atoms with Gasteiger partial charge < -0.3 is 5.32 Å². The van der Waals surface area contributed by atoms with Crippen molar-refractivity contribution < 1.29 is 0 Å². The number of rotatable bonds is 2. The van der Waals surface area contributed by atoms with Crippen LogP contribution in [0.2, 0.25) is 5.02 Å². The maximum absolute atomic E-state index is 6.05. The van der Waals surface area contributed by atoms with Crippen molar-refractivity contribution in [3.63, 3.8) is 0 Å². The summed E-state index contributed by atoms with van der Waals surface area (Å²) in [6.45, 7) is 1.05. The maximum atomic E-state index is 6.05. The van der Waals surface area contributed by atoms with Gasteiger partial charge in [-0.25, -0.2) is 4.98 Å². The maximum Gasteiger partial charge on any atom is 0.181 e. The zero-order valence-electron chi connectivity index (χ0n) is 10.3. The molecule has 100 valence electrons. The van der Waals surface area contributed by atoms with E-state index in [1.54, 1.807) is 0 Å². The monoisotopic (exact) mass is 340 g/mol. The van der Waals surface area contributed by atoms with Crippen LogP contribution >= 0.6 is 27.5 Å². The Morgan fingerprint density at radius 2 is 2.16 bits per heavy atom. The van der Waals surface area contributed by atoms with Gasteiger partial charge in [0.25, 0.3) is 0 Å². The van der Waals surface area contributed by atoms with E-state index in [0.717, 1.165) is 28.8 Å². The highest BCUT2D eigenvalue weighted by Crippen LogP contribution is 2.27. The number of aromatic nitrogens is 3. The van der Waals surface area contributed by atoms with Gasteiger partial charge in [-0.15, -0.1) is 0 Å². The fourth-order valence-electron chi connectivity index (χ4n) is 2.33. The first-order valence-corrected chi connectivity index (χ1v) is 7.51. The van der Waals surface area contributed by atoms with Crippen molar-refractivity contribution in [3.05, 3.63) is 33.5 Å². The Balaban J connectivity index is 1.87. The second kappa shape index (κ2) is 5.61. The molecule has 6 heteroatoms. The van der Waals surface area contributed by atoms with Crippen LogP contribution in [0.4, 0.5) is 0 Å². The normalized spacial score (nSPS) is 19.6. The van der Waals surface area contributed by atoms with Gasteiger partial charge in [0.15, 0.2) is 5.82 Å². The molecule has 0 saturated carbocycles. The SMILES string of the molecule is Clc1cc(Br)cc(-c2n[nH]c(C3CCCCN3)n2)c1. The molecule has 1 atom stereocenters. The van der Waals surface area contributed by atoms with E-state index in [4.69, 9.17) is 11.6 Å². The summed E-state index contributed by atoms with van der Waals surface area (Å²) in [4.78, 5) is 4.58. The van der Waals surface area contributed by atoms with Gasteiger partial charge in [0.2, 0.25) is 0 Å². The molecular weight excluding hydrogens is 328 g/mol. The van der Waals surface area contributed by atoms with Crippen molar-refractivity contribution in [2.24, 2.45) is 0 Å². The Morgan fingerprint density at radius 1 is 1.26 bits per heavy atom. The van der Waals surface area contributed by atoms with E-state index in [2.05, 4.69) is 36.4 Å². The van der Waals surface area contributed by atoms with Crippen molar-refractivity contribution in [1.82, 2.24) is 20.5 Å². The fourth-order valence-corrected chi connectivity index (χ4v) is 3.19. The average Bonchev–Trinajstić information content (AvgIpc) is 2.88. The van der Waals surface area contributed by atoms with Gasteiger partial charge in [-0.2, -0.15) is 5.10 Å². The van der Waals surface area contributed by atoms with Crippen molar-refractivity contribution in [2.75, 3.05) is 6.54 Å². The topological polar surface area (TPSA) is 53.6 Å². The molecular formula is C13H14BrClN4. The Bertz CT molecular complexity index is 558. The molecule has 1 saturated heterocycles. The molecule has 1 aromatic heterocycles. The molecule has 1 fully saturated rings. The molecule has 0 spiro atoms. The summed E-state index contributed by atoms with van der Waals surface area (Å²) < 4.78 is 0.928. The zero-order valence-corrected chi connectivity index (χ0v) is 12.6. The molecule has 0 radical (unpaired) electrons. The van der Waals surface area contributed by atoms with Crippen molar-refractivity contribution >= 4 is 27.5 Å². The largest absolute Gasteiger partial charge is 0.307 e. The fraction of sp³-hybridized carbons (Fsp3) is 0.385. The smallest absolute Gasteiger partial charge is 0.181 e. The first-order chi connectivity index (χ1) is 9.22. The van der Waals surface area contributed by atoms with E-state index in [0.29, 0.717) is 10.8 Å². The molecule has 19 heavy (non-hydrogen) atoms. The van der Waals surface area contributed by atoms with Gasteiger partial charge in [0, 0.05) is 15.1 Å². The van der Waals surface area contributed by atoms with Gasteiger partial charge in [-0.05, 0) is 37.6 Å². The molecule has 0 bridgehead atoms. The lowest BCUT2D eigenvalue weighted by Gasteiger charge is -2.20. The number of halogens is 2. The molecule has 0 amide bonds. The minimum Gasteiger partial charge on any atom is -0.307 e. The van der Waals surface area contributed by atoms with Crippen LogP contribution in [0.5, 0.6) is 0 Å². The summed E-state index contributed by atoms with van der Waals surface area (Å²) in [7, 11) is 0. The summed E-state index contributed by atoms with van der Waals surface area (Å²) in [5.74, 6) is 1.59. The van der Waals surface area contributed by atoms with Crippen molar-refractivity contribution in [1.29, 1.82) is 0 Å². The third kappa shape index (κ3) is 2.99. The van der Waals surface area contributed by atoms with Gasteiger partial charge in [0.1, 0.15) is 5.82 Å². The van der Waals surface area contributed by atoms with Gasteiger partial charge in [0.05, 0.1) is 6.04 Å². The Hall–Kier alpha value is -0.910. The first kappa shape index (κ1) is 13.1. The third-order valence-corrected chi connectivity index (χ3v) is 3.94. The second-order valence-electron chi connectivity index (χ2n) is 4.70. The van der Waals surface area contributed by atoms with Gasteiger partial charge >= 0.3 is 0 Å². The highest BCUT2D eigenvalue weighted by Gasteiger charge is 2.19. The van der Waals surface area contributed by atoms with Crippen LogP contribution in [-0.2, 0) is 0 Å². The number of hydrogen-bond acceptors (Lipinski definition) is 3. The van der Waals surface area contributed by atoms with Crippen molar-refractivity contribution in [2.45, 2.75) is 25.3 Å². The quantitative estimate of drug-likeness (QED) is 0.875. The summed E-state index contributed by atoms with van der Waals surface area (Å²) in [5.41, 5.74) is 0.915.